The fourth-order valence-electron chi connectivity index (χ4n) is 4.97. The summed E-state index contributed by atoms with van der Waals surface area (Å²) in [7, 11) is 0. The molecule has 3 aliphatic rings. The van der Waals surface area contributed by atoms with Gasteiger partial charge in [-0.1, -0.05) is 6.07 Å². The Balaban J connectivity index is 1.35. The van der Waals surface area contributed by atoms with Crippen LogP contribution in [0.25, 0.3) is 0 Å². The minimum absolute atomic E-state index is 0.189. The summed E-state index contributed by atoms with van der Waals surface area (Å²) < 4.78 is 41.6. The predicted octanol–water partition coefficient (Wildman–Crippen LogP) is 3.46. The van der Waals surface area contributed by atoms with Crippen LogP contribution in [0, 0.1) is 5.41 Å². The van der Waals surface area contributed by atoms with Crippen molar-refractivity contribution >= 4 is 17.9 Å². The molecule has 9 heteroatoms. The van der Waals surface area contributed by atoms with E-state index >= 15 is 0 Å². The molecule has 2 saturated heterocycles. The van der Waals surface area contributed by atoms with Gasteiger partial charge in [-0.15, -0.1) is 13.2 Å². The Labute approximate surface area is 186 Å². The molecule has 1 aromatic rings. The van der Waals surface area contributed by atoms with Gasteiger partial charge in [0.1, 0.15) is 18.1 Å². The molecule has 2 unspecified atom stereocenters. The van der Waals surface area contributed by atoms with Crippen LogP contribution in [0.15, 0.2) is 24.3 Å². The number of alkyl halides is 3. The number of amides is 1. The number of nitrogens with zero attached hydrogens (tertiary/aromatic N) is 3. The van der Waals surface area contributed by atoms with Gasteiger partial charge in [0.25, 0.3) is 0 Å². The van der Waals surface area contributed by atoms with Crippen LogP contribution in [-0.4, -0.2) is 73.2 Å². The summed E-state index contributed by atoms with van der Waals surface area (Å²) in [5.41, 5.74) is 1.09. The van der Waals surface area contributed by atoms with E-state index in [1.165, 1.54) is 43.9 Å². The molecule has 4 rings (SSSR count). The van der Waals surface area contributed by atoms with Gasteiger partial charge < -0.3 is 24.2 Å². The van der Waals surface area contributed by atoms with Crippen LogP contribution in [0.3, 0.4) is 0 Å². The van der Waals surface area contributed by atoms with Gasteiger partial charge in [0.2, 0.25) is 5.91 Å². The third kappa shape index (κ3) is 5.19. The molecule has 2 atom stereocenters. The topological polar surface area (TPSA) is 53.1 Å². The molecule has 0 aromatic heterocycles. The maximum Gasteiger partial charge on any atom is 0.573 e. The van der Waals surface area contributed by atoms with Crippen molar-refractivity contribution in [1.29, 1.82) is 0 Å². The van der Waals surface area contributed by atoms with Crippen molar-refractivity contribution in [1.82, 2.24) is 9.80 Å². The zero-order chi connectivity index (χ0) is 22.9. The molecule has 0 N–H and O–H groups in total. The second kappa shape index (κ2) is 8.92. The number of aldehydes is 1. The lowest BCUT2D eigenvalue weighted by Crippen LogP contribution is -2.59. The van der Waals surface area contributed by atoms with Crippen LogP contribution in [-0.2, 0) is 9.59 Å². The molecule has 0 radical (unpaired) electrons. The highest BCUT2D eigenvalue weighted by Crippen LogP contribution is 2.53. The highest BCUT2D eigenvalue weighted by atomic mass is 19.4. The minimum Gasteiger partial charge on any atom is -0.406 e. The Morgan fingerprint density at radius 2 is 1.88 bits per heavy atom. The van der Waals surface area contributed by atoms with E-state index in [9.17, 15) is 22.8 Å². The van der Waals surface area contributed by atoms with E-state index in [1.807, 2.05) is 0 Å². The SMILES string of the molecule is CC1C(=O)N(C(C=O)CCN2CCC3(CC2)CC3)CCN1c1cccc(OC(F)(F)F)c1. The second-order valence-corrected chi connectivity index (χ2v) is 9.28. The normalized spacial score (nSPS) is 24.5. The molecule has 2 heterocycles. The molecule has 1 aliphatic carbocycles. The Hall–Kier alpha value is -2.29. The summed E-state index contributed by atoms with van der Waals surface area (Å²) in [6, 6.07) is 4.57. The van der Waals surface area contributed by atoms with Gasteiger partial charge in [0, 0.05) is 31.4 Å². The lowest BCUT2D eigenvalue weighted by Gasteiger charge is -2.43. The van der Waals surface area contributed by atoms with Gasteiger partial charge in [-0.05, 0) is 69.7 Å². The van der Waals surface area contributed by atoms with E-state index in [0.717, 1.165) is 25.9 Å². The maximum atomic E-state index is 13.1. The van der Waals surface area contributed by atoms with E-state index in [4.69, 9.17) is 0 Å². The van der Waals surface area contributed by atoms with Gasteiger partial charge in [0.15, 0.2) is 0 Å². The van der Waals surface area contributed by atoms with Crippen molar-refractivity contribution in [3.05, 3.63) is 24.3 Å². The summed E-state index contributed by atoms with van der Waals surface area (Å²) in [5, 5.41) is 0. The minimum atomic E-state index is -4.77. The highest BCUT2D eigenvalue weighted by molar-refractivity contribution is 5.88. The van der Waals surface area contributed by atoms with Gasteiger partial charge in [-0.2, -0.15) is 0 Å². The Morgan fingerprint density at radius 1 is 1.16 bits per heavy atom. The zero-order valence-electron chi connectivity index (χ0n) is 18.3. The fourth-order valence-corrected chi connectivity index (χ4v) is 4.97. The van der Waals surface area contributed by atoms with Crippen LogP contribution >= 0.6 is 0 Å². The smallest absolute Gasteiger partial charge is 0.406 e. The average Bonchev–Trinajstić information content (AvgIpc) is 3.50. The van der Waals surface area contributed by atoms with Gasteiger partial charge in [0.05, 0.1) is 6.04 Å². The van der Waals surface area contributed by atoms with Crippen molar-refractivity contribution in [2.45, 2.75) is 57.5 Å². The number of piperidine rings is 1. The number of anilines is 1. The van der Waals surface area contributed by atoms with Crippen LogP contribution in [0.5, 0.6) is 5.75 Å². The molecule has 1 saturated carbocycles. The summed E-state index contributed by atoms with van der Waals surface area (Å²) in [5.74, 6) is -0.511. The summed E-state index contributed by atoms with van der Waals surface area (Å²) in [6.45, 7) is 5.39. The van der Waals surface area contributed by atoms with Crippen LogP contribution < -0.4 is 9.64 Å². The van der Waals surface area contributed by atoms with E-state index in [2.05, 4.69) is 9.64 Å². The monoisotopic (exact) mass is 453 g/mol. The largest absolute Gasteiger partial charge is 0.573 e. The number of likely N-dealkylation sites (tertiary alicyclic amines) is 1. The van der Waals surface area contributed by atoms with E-state index in [1.54, 1.807) is 22.8 Å². The van der Waals surface area contributed by atoms with Crippen molar-refractivity contribution in [2.24, 2.45) is 5.41 Å². The number of benzene rings is 1. The Bertz CT molecular complexity index is 833. The summed E-state index contributed by atoms with van der Waals surface area (Å²) in [4.78, 5) is 30.7. The molecule has 6 nitrogen and oxygen atoms in total. The third-order valence-electron chi connectivity index (χ3n) is 7.24. The highest BCUT2D eigenvalue weighted by Gasteiger charge is 2.44. The first-order chi connectivity index (χ1) is 15.2. The first kappa shape index (κ1) is 22.9. The predicted molar refractivity (Wildman–Crippen MR) is 113 cm³/mol. The van der Waals surface area contributed by atoms with Crippen LogP contribution in [0.1, 0.15) is 39.0 Å². The number of ether oxygens (including phenoxy) is 1. The van der Waals surface area contributed by atoms with Crippen LogP contribution in [0.2, 0.25) is 0 Å². The molecule has 176 valence electrons. The molecule has 1 aromatic carbocycles. The Kier molecular flexibility index (Phi) is 6.38. The summed E-state index contributed by atoms with van der Waals surface area (Å²) in [6.07, 6.45) is 1.83. The zero-order valence-corrected chi connectivity index (χ0v) is 18.3. The van der Waals surface area contributed by atoms with Gasteiger partial charge >= 0.3 is 6.36 Å². The number of piperazine rings is 1. The lowest BCUT2D eigenvalue weighted by atomic mass is 9.93. The number of hydrogen-bond acceptors (Lipinski definition) is 5. The molecular weight excluding hydrogens is 423 g/mol. The molecule has 1 spiro atoms. The maximum absolute atomic E-state index is 13.1. The average molecular weight is 454 g/mol. The number of hydrogen-bond donors (Lipinski definition) is 0. The van der Waals surface area contributed by atoms with E-state index in [-0.39, 0.29) is 11.7 Å². The Morgan fingerprint density at radius 3 is 2.50 bits per heavy atom. The van der Waals surface area contributed by atoms with Crippen molar-refractivity contribution < 1.29 is 27.5 Å². The van der Waals surface area contributed by atoms with E-state index in [0.29, 0.717) is 30.6 Å². The second-order valence-electron chi connectivity index (χ2n) is 9.28. The molecular formula is C23H30F3N3O3. The quantitative estimate of drug-likeness (QED) is 0.592. The van der Waals surface area contributed by atoms with Gasteiger partial charge in [-0.25, -0.2) is 0 Å². The number of halogens is 3. The first-order valence-electron chi connectivity index (χ1n) is 11.3. The van der Waals surface area contributed by atoms with Crippen LogP contribution in [0.4, 0.5) is 18.9 Å². The third-order valence-corrected chi connectivity index (χ3v) is 7.24. The standard InChI is InChI=1S/C23H30F3N3O3/c1-17-21(31)29(19(16-30)5-10-27-11-8-22(6-7-22)9-12-27)14-13-28(17)18-3-2-4-20(15-18)32-23(24,25)26/h2-4,15-17,19H,5-14H2,1H3. The lowest BCUT2D eigenvalue weighted by molar-refractivity contribution is -0.274. The molecule has 2 aliphatic heterocycles. The summed E-state index contributed by atoms with van der Waals surface area (Å²) >= 11 is 0. The van der Waals surface area contributed by atoms with Crippen molar-refractivity contribution in [2.75, 3.05) is 37.6 Å². The van der Waals surface area contributed by atoms with Crippen molar-refractivity contribution in [3.63, 3.8) is 0 Å². The molecule has 3 fully saturated rings. The molecule has 0 bridgehead atoms. The fraction of sp³-hybridized carbons (Fsp3) is 0.652. The van der Waals surface area contributed by atoms with Gasteiger partial charge in [-0.3, -0.25) is 4.79 Å². The molecule has 32 heavy (non-hydrogen) atoms. The van der Waals surface area contributed by atoms with E-state index < -0.39 is 18.4 Å². The van der Waals surface area contributed by atoms with Crippen molar-refractivity contribution in [3.8, 4) is 5.75 Å². The molecule has 1 amide bonds. The first-order valence-corrected chi connectivity index (χ1v) is 11.3. The number of rotatable bonds is 7. The number of carbonyl (C=O) groups excluding carboxylic acids is 2. The number of carbonyl (C=O) groups is 2.